The van der Waals surface area contributed by atoms with Crippen molar-refractivity contribution in [2.24, 2.45) is 12.5 Å². The molecule has 148 valence electrons. The van der Waals surface area contributed by atoms with Crippen molar-refractivity contribution >= 4 is 11.8 Å². The predicted octanol–water partition coefficient (Wildman–Crippen LogP) is 2.17. The molecule has 0 aliphatic carbocycles. The summed E-state index contributed by atoms with van der Waals surface area (Å²) in [7, 11) is 1.84. The molecule has 2 saturated heterocycles. The van der Waals surface area contributed by atoms with Crippen LogP contribution < -0.4 is 0 Å². The zero-order valence-corrected chi connectivity index (χ0v) is 16.6. The predicted molar refractivity (Wildman–Crippen MR) is 104 cm³/mol. The fourth-order valence-corrected chi connectivity index (χ4v) is 4.53. The summed E-state index contributed by atoms with van der Waals surface area (Å²) in [5.41, 5.74) is 2.71. The van der Waals surface area contributed by atoms with Crippen LogP contribution in [0.3, 0.4) is 0 Å². The molecule has 0 radical (unpaired) electrons. The Morgan fingerprint density at radius 2 is 1.89 bits per heavy atom. The second-order valence-electron chi connectivity index (χ2n) is 8.20. The highest BCUT2D eigenvalue weighted by Gasteiger charge is 2.42. The average molecular weight is 381 g/mol. The van der Waals surface area contributed by atoms with Gasteiger partial charge in [-0.25, -0.2) is 0 Å². The van der Waals surface area contributed by atoms with E-state index in [2.05, 4.69) is 10.1 Å². The molecule has 2 aliphatic heterocycles. The Morgan fingerprint density at radius 1 is 1.18 bits per heavy atom. The highest BCUT2D eigenvalue weighted by Crippen LogP contribution is 2.40. The molecule has 0 unspecified atom stereocenters. The third-order valence-corrected chi connectivity index (χ3v) is 6.23. The number of aromatic nitrogens is 3. The lowest BCUT2D eigenvalue weighted by Crippen LogP contribution is -2.52. The van der Waals surface area contributed by atoms with Gasteiger partial charge in [-0.1, -0.05) is 0 Å². The van der Waals surface area contributed by atoms with E-state index in [1.54, 1.807) is 23.3 Å². The zero-order valence-electron chi connectivity index (χ0n) is 16.6. The van der Waals surface area contributed by atoms with Crippen molar-refractivity contribution in [3.05, 3.63) is 47.5 Å². The Kier molecular flexibility index (Phi) is 4.91. The van der Waals surface area contributed by atoms with Gasteiger partial charge in [0.25, 0.3) is 5.91 Å². The van der Waals surface area contributed by atoms with E-state index in [-0.39, 0.29) is 17.2 Å². The van der Waals surface area contributed by atoms with Crippen molar-refractivity contribution in [3.63, 3.8) is 0 Å². The van der Waals surface area contributed by atoms with E-state index >= 15 is 0 Å². The van der Waals surface area contributed by atoms with E-state index < -0.39 is 0 Å². The molecule has 0 atom stereocenters. The second-order valence-corrected chi connectivity index (χ2v) is 8.20. The number of hydrogen-bond acceptors (Lipinski definition) is 4. The van der Waals surface area contributed by atoms with E-state index in [0.717, 1.165) is 50.2 Å². The van der Waals surface area contributed by atoms with E-state index in [1.807, 2.05) is 35.9 Å². The van der Waals surface area contributed by atoms with Crippen LogP contribution in [0.5, 0.6) is 0 Å². The molecule has 28 heavy (non-hydrogen) atoms. The van der Waals surface area contributed by atoms with Crippen LogP contribution in [0.4, 0.5) is 0 Å². The first-order chi connectivity index (χ1) is 13.5. The average Bonchev–Trinajstić information content (AvgIpc) is 3.04. The van der Waals surface area contributed by atoms with Crippen LogP contribution in [-0.4, -0.2) is 56.0 Å². The molecule has 7 nitrogen and oxygen atoms in total. The van der Waals surface area contributed by atoms with Gasteiger partial charge < -0.3 is 9.80 Å². The molecule has 0 N–H and O–H groups in total. The smallest absolute Gasteiger partial charge is 0.257 e. The van der Waals surface area contributed by atoms with Crippen LogP contribution in [-0.2, 0) is 18.4 Å². The highest BCUT2D eigenvalue weighted by atomic mass is 16.2. The van der Waals surface area contributed by atoms with Gasteiger partial charge in [0.15, 0.2) is 0 Å². The number of hydrogen-bond donors (Lipinski definition) is 0. The fourth-order valence-electron chi connectivity index (χ4n) is 4.53. The molecule has 0 saturated carbocycles. The first-order valence-corrected chi connectivity index (χ1v) is 9.92. The third-order valence-electron chi connectivity index (χ3n) is 6.23. The molecule has 2 fully saturated rings. The molecule has 2 amide bonds. The largest absolute Gasteiger partial charge is 0.338 e. The summed E-state index contributed by atoms with van der Waals surface area (Å²) in [4.78, 5) is 33.3. The van der Waals surface area contributed by atoms with Crippen molar-refractivity contribution in [3.8, 4) is 0 Å². The topological polar surface area (TPSA) is 71.3 Å². The molecule has 2 aromatic rings. The molecule has 2 aliphatic rings. The number of carbonyl (C=O) groups is 2. The summed E-state index contributed by atoms with van der Waals surface area (Å²) in [5.74, 6) is 0.299. The minimum absolute atomic E-state index is 0.0703. The maximum atomic E-state index is 12.9. The Hall–Kier alpha value is -2.70. The van der Waals surface area contributed by atoms with Crippen molar-refractivity contribution in [1.82, 2.24) is 24.6 Å². The lowest BCUT2D eigenvalue weighted by Gasteiger charge is -2.47. The van der Waals surface area contributed by atoms with E-state index in [4.69, 9.17) is 0 Å². The van der Waals surface area contributed by atoms with Gasteiger partial charge in [0.05, 0.1) is 11.3 Å². The summed E-state index contributed by atoms with van der Waals surface area (Å²) in [6.07, 6.45) is 8.75. The molecule has 4 heterocycles. The minimum Gasteiger partial charge on any atom is -0.338 e. The number of aryl methyl sites for hydroxylation is 2. The van der Waals surface area contributed by atoms with E-state index in [0.29, 0.717) is 18.5 Å². The van der Waals surface area contributed by atoms with Crippen LogP contribution in [0, 0.1) is 12.3 Å². The summed E-state index contributed by atoms with van der Waals surface area (Å²) < 4.78 is 1.69. The molecule has 0 aromatic carbocycles. The maximum Gasteiger partial charge on any atom is 0.257 e. The van der Waals surface area contributed by atoms with E-state index in [1.165, 1.54) is 0 Å². The molecule has 1 spiro atoms. The van der Waals surface area contributed by atoms with Gasteiger partial charge in [-0.2, -0.15) is 5.10 Å². The van der Waals surface area contributed by atoms with Crippen molar-refractivity contribution in [2.75, 3.05) is 19.6 Å². The van der Waals surface area contributed by atoms with E-state index in [9.17, 15) is 9.59 Å². The summed E-state index contributed by atoms with van der Waals surface area (Å²) in [5, 5.41) is 4.29. The van der Waals surface area contributed by atoms with Gasteiger partial charge in [-0.3, -0.25) is 19.3 Å². The van der Waals surface area contributed by atoms with Crippen LogP contribution in [0.1, 0.15) is 47.3 Å². The Bertz CT molecular complexity index is 868. The van der Waals surface area contributed by atoms with Gasteiger partial charge in [0.1, 0.15) is 0 Å². The number of carbonyl (C=O) groups excluding carboxylic acids is 2. The van der Waals surface area contributed by atoms with Crippen molar-refractivity contribution < 1.29 is 9.59 Å². The van der Waals surface area contributed by atoms with Gasteiger partial charge >= 0.3 is 0 Å². The van der Waals surface area contributed by atoms with Crippen LogP contribution >= 0.6 is 0 Å². The molecular weight excluding hydrogens is 354 g/mol. The molecule has 0 bridgehead atoms. The number of amides is 2. The summed E-state index contributed by atoms with van der Waals surface area (Å²) in [6.45, 7) is 4.78. The van der Waals surface area contributed by atoms with Gasteiger partial charge in [-0.15, -0.1) is 0 Å². The second kappa shape index (κ2) is 7.37. The number of likely N-dealkylation sites (tertiary alicyclic amines) is 2. The van der Waals surface area contributed by atoms with Crippen LogP contribution in [0.15, 0.2) is 30.7 Å². The SMILES string of the molecule is Cc1nn(C)cc1C(=O)N1CCC2(CCC(=O)N(Cc3ccncc3)C2)CC1. The lowest BCUT2D eigenvalue weighted by molar-refractivity contribution is -0.139. The normalized spacial score (nSPS) is 19.3. The summed E-state index contributed by atoms with van der Waals surface area (Å²) >= 11 is 0. The van der Waals surface area contributed by atoms with Gasteiger partial charge in [0.2, 0.25) is 5.91 Å². The summed E-state index contributed by atoms with van der Waals surface area (Å²) in [6, 6.07) is 3.93. The quantitative estimate of drug-likeness (QED) is 0.817. The van der Waals surface area contributed by atoms with Crippen molar-refractivity contribution in [1.29, 1.82) is 0 Å². The molecule has 7 heteroatoms. The number of nitrogens with zero attached hydrogens (tertiary/aromatic N) is 5. The van der Waals surface area contributed by atoms with Crippen LogP contribution in [0.25, 0.3) is 0 Å². The van der Waals surface area contributed by atoms with Gasteiger partial charge in [-0.05, 0) is 49.3 Å². The first kappa shape index (κ1) is 18.7. The third kappa shape index (κ3) is 3.66. The monoisotopic (exact) mass is 381 g/mol. The standard InChI is InChI=1S/C21H27N5O2/c1-16-18(14-24(2)23-16)20(28)25-11-7-21(8-12-25)6-3-19(27)26(15-21)13-17-4-9-22-10-5-17/h4-5,9-10,14H,3,6-8,11-13,15H2,1-2H3. The number of rotatable bonds is 3. The van der Waals surface area contributed by atoms with Crippen molar-refractivity contribution in [2.45, 2.75) is 39.2 Å². The number of pyridine rings is 1. The lowest BCUT2D eigenvalue weighted by atomic mass is 9.72. The Labute approximate surface area is 165 Å². The van der Waals surface area contributed by atoms with Crippen LogP contribution in [0.2, 0.25) is 0 Å². The molecule has 2 aromatic heterocycles. The Morgan fingerprint density at radius 3 is 2.54 bits per heavy atom. The highest BCUT2D eigenvalue weighted by molar-refractivity contribution is 5.95. The maximum absolute atomic E-state index is 12.9. The first-order valence-electron chi connectivity index (χ1n) is 9.92. The Balaban J connectivity index is 1.41. The molecule has 4 rings (SSSR count). The minimum atomic E-state index is 0.0703. The molecular formula is C21H27N5O2. The fraction of sp³-hybridized carbons (Fsp3) is 0.524. The number of piperidine rings is 2. The zero-order chi connectivity index (χ0) is 19.7. The van der Waals surface area contributed by atoms with Gasteiger partial charge in [0, 0.05) is 58.2 Å².